The molecule has 0 bridgehead atoms. The summed E-state index contributed by atoms with van der Waals surface area (Å²) in [6, 6.07) is 4.81. The molecule has 2 rings (SSSR count). The zero-order valence-electron chi connectivity index (χ0n) is 10.2. The maximum absolute atomic E-state index is 13.2. The Hall–Kier alpha value is -0.740. The summed E-state index contributed by atoms with van der Waals surface area (Å²) in [5.41, 5.74) is 7.14. The molecular weight excluding hydrogens is 235 g/mol. The van der Waals surface area contributed by atoms with Crippen molar-refractivity contribution in [1.29, 1.82) is 0 Å². The predicted molar refractivity (Wildman–Crippen MR) is 72.6 cm³/mol. The fourth-order valence-corrected chi connectivity index (χ4v) is 3.01. The van der Waals surface area contributed by atoms with E-state index >= 15 is 0 Å². The van der Waals surface area contributed by atoms with Crippen molar-refractivity contribution in [2.24, 2.45) is 0 Å². The lowest BCUT2D eigenvalue weighted by molar-refractivity contribution is 0.224. The monoisotopic (exact) mass is 254 g/mol. The van der Waals surface area contributed by atoms with E-state index in [-0.39, 0.29) is 5.82 Å². The summed E-state index contributed by atoms with van der Waals surface area (Å²) >= 11 is 1.95. The minimum Gasteiger partial charge on any atom is -0.399 e. The largest absolute Gasteiger partial charge is 0.399 e. The molecule has 0 atom stereocenters. The van der Waals surface area contributed by atoms with Crippen LogP contribution in [-0.4, -0.2) is 29.5 Å². The topological polar surface area (TPSA) is 29.3 Å². The lowest BCUT2D eigenvalue weighted by Crippen LogP contribution is -2.34. The van der Waals surface area contributed by atoms with Gasteiger partial charge in [0, 0.05) is 17.5 Å². The Morgan fingerprint density at radius 1 is 1.35 bits per heavy atom. The third-order valence-corrected chi connectivity index (χ3v) is 4.39. The smallest absolute Gasteiger partial charge is 0.125 e. The maximum atomic E-state index is 13.2. The van der Waals surface area contributed by atoms with Gasteiger partial charge in [-0.2, -0.15) is 11.8 Å². The van der Waals surface area contributed by atoms with Crippen molar-refractivity contribution in [3.05, 3.63) is 29.6 Å². The Morgan fingerprint density at radius 2 is 2.06 bits per heavy atom. The van der Waals surface area contributed by atoms with E-state index in [0.717, 1.165) is 30.4 Å². The highest BCUT2D eigenvalue weighted by Gasteiger charge is 2.18. The lowest BCUT2D eigenvalue weighted by Gasteiger charge is -2.31. The standard InChI is InChI=1S/C13H19FN2S/c1-17-13-2-4-16(5-3-13)9-10-6-11(14)8-12(15)7-10/h6-8,13H,2-5,9,15H2,1H3. The number of hydrogen-bond donors (Lipinski definition) is 1. The second-order valence-electron chi connectivity index (χ2n) is 4.60. The first kappa shape index (κ1) is 12.7. The molecule has 2 N–H and O–H groups in total. The third-order valence-electron chi connectivity index (χ3n) is 3.25. The van der Waals surface area contributed by atoms with Crippen LogP contribution in [0.25, 0.3) is 0 Å². The number of hydrogen-bond acceptors (Lipinski definition) is 3. The minimum atomic E-state index is -0.237. The van der Waals surface area contributed by atoms with Gasteiger partial charge >= 0.3 is 0 Å². The molecule has 0 unspecified atom stereocenters. The molecule has 0 spiro atoms. The van der Waals surface area contributed by atoms with Crippen LogP contribution in [0.4, 0.5) is 10.1 Å². The van der Waals surface area contributed by atoms with Crippen LogP contribution in [0.3, 0.4) is 0 Å². The predicted octanol–water partition coefficient (Wildman–Crippen LogP) is 2.74. The van der Waals surface area contributed by atoms with Crippen LogP contribution in [0.5, 0.6) is 0 Å². The van der Waals surface area contributed by atoms with Crippen LogP contribution in [-0.2, 0) is 6.54 Å². The summed E-state index contributed by atoms with van der Waals surface area (Å²) in [6.45, 7) is 3.01. The Labute approximate surface area is 106 Å². The van der Waals surface area contributed by atoms with Crippen LogP contribution in [0.1, 0.15) is 18.4 Å². The van der Waals surface area contributed by atoms with Gasteiger partial charge in [-0.1, -0.05) is 0 Å². The van der Waals surface area contributed by atoms with Crippen molar-refractivity contribution in [1.82, 2.24) is 4.90 Å². The lowest BCUT2D eigenvalue weighted by atomic mass is 10.1. The second kappa shape index (κ2) is 5.74. The van der Waals surface area contributed by atoms with Gasteiger partial charge in [0.15, 0.2) is 0 Å². The van der Waals surface area contributed by atoms with Crippen molar-refractivity contribution in [3.8, 4) is 0 Å². The highest BCUT2D eigenvalue weighted by atomic mass is 32.2. The quantitative estimate of drug-likeness (QED) is 0.841. The summed E-state index contributed by atoms with van der Waals surface area (Å²) in [7, 11) is 0. The fourth-order valence-electron chi connectivity index (χ4n) is 2.33. The Balaban J connectivity index is 1.93. The molecule has 1 aromatic rings. The molecule has 1 saturated heterocycles. The molecule has 0 saturated carbocycles. The van der Waals surface area contributed by atoms with Crippen LogP contribution in [0.15, 0.2) is 18.2 Å². The number of rotatable bonds is 3. The van der Waals surface area contributed by atoms with Gasteiger partial charge in [-0.05, 0) is 55.9 Å². The molecule has 1 fully saturated rings. The number of nitrogens with zero attached hydrogens (tertiary/aromatic N) is 1. The first-order valence-corrected chi connectivity index (χ1v) is 7.26. The van der Waals surface area contributed by atoms with Crippen molar-refractivity contribution < 1.29 is 4.39 Å². The first-order chi connectivity index (χ1) is 8.17. The van der Waals surface area contributed by atoms with Crippen LogP contribution in [0, 0.1) is 5.82 Å². The second-order valence-corrected chi connectivity index (χ2v) is 5.74. The molecule has 1 aliphatic rings. The van der Waals surface area contributed by atoms with Crippen molar-refractivity contribution in [2.75, 3.05) is 25.1 Å². The average Bonchev–Trinajstić information content (AvgIpc) is 2.28. The van der Waals surface area contributed by atoms with Crippen LogP contribution >= 0.6 is 11.8 Å². The number of likely N-dealkylation sites (tertiary alicyclic amines) is 1. The summed E-state index contributed by atoms with van der Waals surface area (Å²) in [6.07, 6.45) is 4.63. The molecule has 0 aliphatic carbocycles. The Bertz CT molecular complexity index is 355. The van der Waals surface area contributed by atoms with Gasteiger partial charge in [0.25, 0.3) is 0 Å². The summed E-state index contributed by atoms with van der Waals surface area (Å²) in [4.78, 5) is 2.38. The number of piperidine rings is 1. The number of anilines is 1. The molecule has 0 radical (unpaired) electrons. The maximum Gasteiger partial charge on any atom is 0.125 e. The minimum absolute atomic E-state index is 0.237. The molecule has 94 valence electrons. The van der Waals surface area contributed by atoms with Gasteiger partial charge in [-0.3, -0.25) is 4.90 Å². The zero-order chi connectivity index (χ0) is 12.3. The molecule has 1 aliphatic heterocycles. The van der Waals surface area contributed by atoms with Gasteiger partial charge in [0.05, 0.1) is 0 Å². The molecular formula is C13H19FN2S. The summed E-state index contributed by atoms with van der Waals surface area (Å²) < 4.78 is 13.2. The third kappa shape index (κ3) is 3.61. The highest BCUT2D eigenvalue weighted by Crippen LogP contribution is 2.22. The SMILES string of the molecule is CSC1CCN(Cc2cc(N)cc(F)c2)CC1. The van der Waals surface area contributed by atoms with E-state index in [4.69, 9.17) is 5.73 Å². The molecule has 0 aromatic heterocycles. The molecule has 2 nitrogen and oxygen atoms in total. The van der Waals surface area contributed by atoms with E-state index in [2.05, 4.69) is 11.2 Å². The number of nitrogens with two attached hydrogens (primary N) is 1. The number of nitrogen functional groups attached to an aromatic ring is 1. The molecule has 1 heterocycles. The van der Waals surface area contributed by atoms with E-state index in [0.29, 0.717) is 5.69 Å². The van der Waals surface area contributed by atoms with Gasteiger partial charge in [0.1, 0.15) is 5.82 Å². The Morgan fingerprint density at radius 3 is 2.65 bits per heavy atom. The summed E-state index contributed by atoms with van der Waals surface area (Å²) in [5, 5.41) is 0.795. The number of thioether (sulfide) groups is 1. The van der Waals surface area contributed by atoms with Gasteiger partial charge in [-0.25, -0.2) is 4.39 Å². The van der Waals surface area contributed by atoms with Crippen molar-refractivity contribution in [2.45, 2.75) is 24.6 Å². The van der Waals surface area contributed by atoms with E-state index < -0.39 is 0 Å². The molecule has 1 aromatic carbocycles. The van der Waals surface area contributed by atoms with Gasteiger partial charge in [-0.15, -0.1) is 0 Å². The van der Waals surface area contributed by atoms with E-state index in [1.165, 1.54) is 18.9 Å². The molecule has 0 amide bonds. The van der Waals surface area contributed by atoms with E-state index in [9.17, 15) is 4.39 Å². The Kier molecular flexibility index (Phi) is 4.29. The normalized spacial score (nSPS) is 18.5. The number of halogens is 1. The number of benzene rings is 1. The first-order valence-electron chi connectivity index (χ1n) is 5.97. The molecule has 4 heteroatoms. The van der Waals surface area contributed by atoms with E-state index in [1.54, 1.807) is 6.07 Å². The van der Waals surface area contributed by atoms with Gasteiger partial charge in [0.2, 0.25) is 0 Å². The zero-order valence-corrected chi connectivity index (χ0v) is 11.0. The fraction of sp³-hybridized carbons (Fsp3) is 0.538. The van der Waals surface area contributed by atoms with Crippen LogP contribution < -0.4 is 5.73 Å². The van der Waals surface area contributed by atoms with E-state index in [1.807, 2.05) is 17.8 Å². The van der Waals surface area contributed by atoms with Gasteiger partial charge < -0.3 is 5.73 Å². The highest BCUT2D eigenvalue weighted by molar-refractivity contribution is 7.99. The summed E-state index contributed by atoms with van der Waals surface area (Å²) in [5.74, 6) is -0.237. The van der Waals surface area contributed by atoms with Crippen LogP contribution in [0.2, 0.25) is 0 Å². The molecule has 17 heavy (non-hydrogen) atoms. The average molecular weight is 254 g/mol. The van der Waals surface area contributed by atoms with Crippen molar-refractivity contribution >= 4 is 17.4 Å². The van der Waals surface area contributed by atoms with Crippen molar-refractivity contribution in [3.63, 3.8) is 0 Å².